The monoisotopic (exact) mass is 364 g/mol. The molecule has 106 valence electrons. The van der Waals surface area contributed by atoms with E-state index in [1.54, 1.807) is 16.4 Å². The van der Waals surface area contributed by atoms with Crippen LogP contribution in [-0.2, 0) is 10.0 Å². The lowest BCUT2D eigenvalue weighted by molar-refractivity contribution is 0.416. The summed E-state index contributed by atoms with van der Waals surface area (Å²) < 4.78 is 27.4. The molecule has 1 heterocycles. The summed E-state index contributed by atoms with van der Waals surface area (Å²) in [5.41, 5.74) is 6.21. The molecule has 7 heteroatoms. The zero-order valence-electron chi connectivity index (χ0n) is 10.7. The van der Waals surface area contributed by atoms with Crippen molar-refractivity contribution in [3.05, 3.63) is 22.7 Å². The summed E-state index contributed by atoms with van der Waals surface area (Å²) in [5, 5.41) is 0.385. The molecule has 0 bridgehead atoms. The van der Waals surface area contributed by atoms with Crippen LogP contribution >= 0.6 is 27.7 Å². The smallest absolute Gasteiger partial charge is 0.243 e. The predicted molar refractivity (Wildman–Crippen MR) is 83.9 cm³/mol. The number of sulfonamides is 1. The Labute approximate surface area is 126 Å². The summed E-state index contributed by atoms with van der Waals surface area (Å²) in [6.07, 6.45) is 0.985. The van der Waals surface area contributed by atoms with Crippen molar-refractivity contribution < 1.29 is 8.42 Å². The van der Waals surface area contributed by atoms with Gasteiger partial charge in [0.1, 0.15) is 0 Å². The third-order valence-electron chi connectivity index (χ3n) is 3.16. The van der Waals surface area contributed by atoms with Crippen LogP contribution in [0.3, 0.4) is 0 Å². The van der Waals surface area contributed by atoms with Crippen LogP contribution in [-0.4, -0.2) is 36.8 Å². The molecule has 1 atom stereocenters. The lowest BCUT2D eigenvalue weighted by Gasteiger charge is -2.31. The molecule has 1 aliphatic rings. The maximum Gasteiger partial charge on any atom is 0.243 e. The zero-order chi connectivity index (χ0) is 14.0. The van der Waals surface area contributed by atoms with Crippen molar-refractivity contribution in [2.24, 2.45) is 0 Å². The minimum atomic E-state index is -3.43. The van der Waals surface area contributed by atoms with Crippen molar-refractivity contribution in [2.75, 3.05) is 24.6 Å². The molecule has 1 saturated heterocycles. The van der Waals surface area contributed by atoms with Crippen LogP contribution in [0.25, 0.3) is 0 Å². The molecular weight excluding hydrogens is 348 g/mol. The molecule has 4 nitrogen and oxygen atoms in total. The van der Waals surface area contributed by atoms with Crippen LogP contribution in [0, 0.1) is 0 Å². The van der Waals surface area contributed by atoms with E-state index < -0.39 is 10.0 Å². The van der Waals surface area contributed by atoms with Crippen molar-refractivity contribution in [3.63, 3.8) is 0 Å². The van der Waals surface area contributed by atoms with Crippen LogP contribution < -0.4 is 5.73 Å². The minimum Gasteiger partial charge on any atom is -0.398 e. The number of nitrogens with two attached hydrogens (primary N) is 1. The lowest BCUT2D eigenvalue weighted by atomic mass is 10.3. The zero-order valence-corrected chi connectivity index (χ0v) is 13.9. The maximum absolute atomic E-state index is 12.6. The number of rotatable bonds is 3. The molecule has 0 radical (unpaired) electrons. The number of nitrogen functional groups attached to an aromatic ring is 1. The van der Waals surface area contributed by atoms with Crippen LogP contribution in [0.1, 0.15) is 13.3 Å². The highest BCUT2D eigenvalue weighted by atomic mass is 79.9. The van der Waals surface area contributed by atoms with Gasteiger partial charge in [-0.2, -0.15) is 16.1 Å². The van der Waals surface area contributed by atoms with E-state index in [9.17, 15) is 8.42 Å². The Hall–Kier alpha value is -0.240. The van der Waals surface area contributed by atoms with E-state index in [-0.39, 0.29) is 4.90 Å². The number of hydrogen-bond acceptors (Lipinski definition) is 4. The quantitative estimate of drug-likeness (QED) is 0.837. The number of thioether (sulfide) groups is 1. The van der Waals surface area contributed by atoms with Gasteiger partial charge in [0, 0.05) is 34.3 Å². The second-order valence-electron chi connectivity index (χ2n) is 4.45. The van der Waals surface area contributed by atoms with Crippen molar-refractivity contribution in [2.45, 2.75) is 23.5 Å². The molecule has 1 aromatic rings. The van der Waals surface area contributed by atoms with Crippen LogP contribution in [0.2, 0.25) is 0 Å². The van der Waals surface area contributed by atoms with Gasteiger partial charge in [-0.3, -0.25) is 0 Å². The second-order valence-corrected chi connectivity index (χ2v) is 8.65. The molecule has 0 saturated carbocycles. The molecule has 1 unspecified atom stereocenters. The average Bonchev–Trinajstić information content (AvgIpc) is 2.41. The van der Waals surface area contributed by atoms with Gasteiger partial charge in [-0.05, 0) is 40.5 Å². The normalized spacial score (nSPS) is 21.5. The van der Waals surface area contributed by atoms with E-state index >= 15 is 0 Å². The Bertz CT molecular complexity index is 563. The number of benzene rings is 1. The van der Waals surface area contributed by atoms with E-state index in [0.29, 0.717) is 28.5 Å². The maximum atomic E-state index is 12.6. The number of hydrogen-bond donors (Lipinski definition) is 1. The fraction of sp³-hybridized carbons (Fsp3) is 0.500. The number of halogens is 1. The van der Waals surface area contributed by atoms with Crippen LogP contribution in [0.15, 0.2) is 27.6 Å². The summed E-state index contributed by atoms with van der Waals surface area (Å²) in [6.45, 7) is 3.24. The summed E-state index contributed by atoms with van der Waals surface area (Å²) >= 11 is 5.12. The fourth-order valence-corrected chi connectivity index (χ4v) is 5.15. The van der Waals surface area contributed by atoms with E-state index in [0.717, 1.165) is 12.2 Å². The largest absolute Gasteiger partial charge is 0.398 e. The van der Waals surface area contributed by atoms with Gasteiger partial charge < -0.3 is 5.73 Å². The highest BCUT2D eigenvalue weighted by molar-refractivity contribution is 9.10. The first-order valence-corrected chi connectivity index (χ1v) is 9.40. The molecule has 1 aliphatic heterocycles. The van der Waals surface area contributed by atoms with Gasteiger partial charge in [0.05, 0.1) is 4.90 Å². The lowest BCUT2D eigenvalue weighted by Crippen LogP contribution is -2.41. The summed E-state index contributed by atoms with van der Waals surface area (Å²) in [7, 11) is -3.43. The Balaban J connectivity index is 2.28. The summed E-state index contributed by atoms with van der Waals surface area (Å²) in [6, 6.07) is 4.79. The molecule has 0 aliphatic carbocycles. The molecule has 0 spiro atoms. The van der Waals surface area contributed by atoms with Gasteiger partial charge in [0.25, 0.3) is 0 Å². The predicted octanol–water partition coefficient (Wildman–Crippen LogP) is 2.55. The molecular formula is C12H17BrN2O2S2. The molecule has 2 rings (SSSR count). The Kier molecular flexibility index (Phi) is 4.81. The molecule has 0 amide bonds. The van der Waals surface area contributed by atoms with Crippen molar-refractivity contribution >= 4 is 43.4 Å². The number of nitrogens with zero attached hydrogens (tertiary/aromatic N) is 1. The van der Waals surface area contributed by atoms with Crippen molar-refractivity contribution in [3.8, 4) is 0 Å². The number of anilines is 1. The standard InChI is InChI=1S/C12H17BrN2O2S2/c1-2-9-8-15(5-6-18-9)19(16,17)10-3-4-11(13)12(14)7-10/h3-4,7,9H,2,5-6,8,14H2,1H3. The summed E-state index contributed by atoms with van der Waals surface area (Å²) in [4.78, 5) is 0.273. The van der Waals surface area contributed by atoms with E-state index in [1.165, 1.54) is 6.07 Å². The Morgan fingerprint density at radius 1 is 1.53 bits per heavy atom. The Morgan fingerprint density at radius 3 is 2.89 bits per heavy atom. The Morgan fingerprint density at radius 2 is 2.26 bits per heavy atom. The molecule has 19 heavy (non-hydrogen) atoms. The third-order valence-corrected chi connectivity index (χ3v) is 7.12. The van der Waals surface area contributed by atoms with Gasteiger partial charge in [-0.15, -0.1) is 0 Å². The van der Waals surface area contributed by atoms with Crippen molar-refractivity contribution in [1.29, 1.82) is 0 Å². The molecule has 1 fully saturated rings. The molecule has 1 aromatic carbocycles. The van der Waals surface area contributed by atoms with Gasteiger partial charge in [0.2, 0.25) is 10.0 Å². The fourth-order valence-electron chi connectivity index (χ4n) is 1.99. The van der Waals surface area contributed by atoms with E-state index in [1.807, 2.05) is 11.8 Å². The van der Waals surface area contributed by atoms with Gasteiger partial charge in [0.15, 0.2) is 0 Å². The van der Waals surface area contributed by atoms with Crippen LogP contribution in [0.4, 0.5) is 5.69 Å². The van der Waals surface area contributed by atoms with E-state index in [2.05, 4.69) is 22.9 Å². The average molecular weight is 365 g/mol. The molecule has 0 aromatic heterocycles. The van der Waals surface area contributed by atoms with Crippen LogP contribution in [0.5, 0.6) is 0 Å². The minimum absolute atomic E-state index is 0.273. The first kappa shape index (κ1) is 15.2. The summed E-state index contributed by atoms with van der Waals surface area (Å²) in [5.74, 6) is 0.851. The van der Waals surface area contributed by atoms with Gasteiger partial charge >= 0.3 is 0 Å². The SMILES string of the molecule is CCC1CN(S(=O)(=O)c2ccc(Br)c(N)c2)CCS1. The topological polar surface area (TPSA) is 63.4 Å². The third kappa shape index (κ3) is 3.26. The van der Waals surface area contributed by atoms with Gasteiger partial charge in [-0.1, -0.05) is 6.92 Å². The first-order chi connectivity index (χ1) is 8.95. The van der Waals surface area contributed by atoms with Gasteiger partial charge in [-0.25, -0.2) is 8.42 Å². The first-order valence-electron chi connectivity index (χ1n) is 6.12. The highest BCUT2D eigenvalue weighted by Crippen LogP contribution is 2.28. The second kappa shape index (κ2) is 6.03. The van der Waals surface area contributed by atoms with Crippen molar-refractivity contribution in [1.82, 2.24) is 4.31 Å². The molecule has 2 N–H and O–H groups in total. The highest BCUT2D eigenvalue weighted by Gasteiger charge is 2.30. The van der Waals surface area contributed by atoms with E-state index in [4.69, 9.17) is 5.73 Å².